The summed E-state index contributed by atoms with van der Waals surface area (Å²) in [5.74, 6) is 0.905. The lowest BCUT2D eigenvalue weighted by Crippen LogP contribution is -2.26. The third kappa shape index (κ3) is 2.93. The normalized spacial score (nSPS) is 11.6. The van der Waals surface area contributed by atoms with Crippen molar-refractivity contribution in [3.63, 3.8) is 0 Å². The maximum atomic E-state index is 4.35. The standard InChI is InChI=1S/C14H18BrN3/c1-9-12(10-5-7-11(15)8-6-10)13(18-17-9)16-14(2,3)4/h5-8H,1-4H3,(H2,16,17,18). The van der Waals surface area contributed by atoms with Gasteiger partial charge in [-0.05, 0) is 45.4 Å². The highest BCUT2D eigenvalue weighted by Crippen LogP contribution is 2.31. The van der Waals surface area contributed by atoms with E-state index in [1.807, 2.05) is 19.1 Å². The predicted molar refractivity (Wildman–Crippen MR) is 79.8 cm³/mol. The van der Waals surface area contributed by atoms with E-state index in [1.54, 1.807) is 0 Å². The van der Waals surface area contributed by atoms with Gasteiger partial charge in [-0.1, -0.05) is 28.1 Å². The van der Waals surface area contributed by atoms with Crippen molar-refractivity contribution < 1.29 is 0 Å². The first kappa shape index (κ1) is 13.1. The van der Waals surface area contributed by atoms with Crippen molar-refractivity contribution in [2.45, 2.75) is 33.2 Å². The van der Waals surface area contributed by atoms with Crippen LogP contribution in [0.25, 0.3) is 11.1 Å². The van der Waals surface area contributed by atoms with Crippen LogP contribution in [-0.4, -0.2) is 15.7 Å². The van der Waals surface area contributed by atoms with Gasteiger partial charge in [0.15, 0.2) is 5.82 Å². The van der Waals surface area contributed by atoms with Crippen LogP contribution in [0, 0.1) is 6.92 Å². The zero-order valence-electron chi connectivity index (χ0n) is 11.1. The van der Waals surface area contributed by atoms with E-state index in [0.717, 1.165) is 27.1 Å². The van der Waals surface area contributed by atoms with E-state index in [-0.39, 0.29) is 5.54 Å². The summed E-state index contributed by atoms with van der Waals surface area (Å²) in [5, 5.41) is 10.8. The zero-order valence-corrected chi connectivity index (χ0v) is 12.7. The van der Waals surface area contributed by atoms with Crippen LogP contribution in [0.2, 0.25) is 0 Å². The van der Waals surface area contributed by atoms with Gasteiger partial charge in [-0.2, -0.15) is 5.10 Å². The SMILES string of the molecule is Cc1[nH]nc(NC(C)(C)C)c1-c1ccc(Br)cc1. The number of rotatable bonds is 2. The number of aromatic amines is 1. The third-order valence-corrected chi connectivity index (χ3v) is 3.10. The molecule has 0 atom stereocenters. The molecule has 0 bridgehead atoms. The smallest absolute Gasteiger partial charge is 0.156 e. The molecule has 96 valence electrons. The molecule has 0 radical (unpaired) electrons. The summed E-state index contributed by atoms with van der Waals surface area (Å²) in [5.41, 5.74) is 3.36. The Morgan fingerprint density at radius 2 is 1.78 bits per heavy atom. The topological polar surface area (TPSA) is 40.7 Å². The molecule has 0 amide bonds. The van der Waals surface area contributed by atoms with Crippen molar-refractivity contribution in [1.29, 1.82) is 0 Å². The molecule has 0 aliphatic carbocycles. The van der Waals surface area contributed by atoms with Gasteiger partial charge < -0.3 is 5.32 Å². The molecule has 0 saturated heterocycles. The van der Waals surface area contributed by atoms with E-state index >= 15 is 0 Å². The van der Waals surface area contributed by atoms with E-state index in [9.17, 15) is 0 Å². The minimum atomic E-state index is -0.00819. The van der Waals surface area contributed by atoms with Crippen LogP contribution in [0.1, 0.15) is 26.5 Å². The highest BCUT2D eigenvalue weighted by Gasteiger charge is 2.17. The van der Waals surface area contributed by atoms with Gasteiger partial charge in [0.2, 0.25) is 0 Å². The molecule has 0 fully saturated rings. The van der Waals surface area contributed by atoms with Crippen molar-refractivity contribution in [3.05, 3.63) is 34.4 Å². The van der Waals surface area contributed by atoms with Gasteiger partial charge in [0.1, 0.15) is 0 Å². The number of aromatic nitrogens is 2. The zero-order chi connectivity index (χ0) is 13.3. The Balaban J connectivity index is 2.43. The summed E-state index contributed by atoms with van der Waals surface area (Å²) in [4.78, 5) is 0. The highest BCUT2D eigenvalue weighted by atomic mass is 79.9. The van der Waals surface area contributed by atoms with Crippen molar-refractivity contribution in [2.75, 3.05) is 5.32 Å². The van der Waals surface area contributed by atoms with Crippen LogP contribution < -0.4 is 5.32 Å². The van der Waals surface area contributed by atoms with Gasteiger partial charge in [0.25, 0.3) is 0 Å². The van der Waals surface area contributed by atoms with E-state index in [4.69, 9.17) is 0 Å². The Labute approximate surface area is 116 Å². The lowest BCUT2D eigenvalue weighted by atomic mass is 10.0. The summed E-state index contributed by atoms with van der Waals surface area (Å²) < 4.78 is 1.08. The first-order valence-electron chi connectivity index (χ1n) is 5.96. The van der Waals surface area contributed by atoms with Crippen molar-refractivity contribution in [2.24, 2.45) is 0 Å². The van der Waals surface area contributed by atoms with E-state index in [1.165, 1.54) is 0 Å². The molecule has 0 aliphatic heterocycles. The van der Waals surface area contributed by atoms with Crippen LogP contribution in [-0.2, 0) is 0 Å². The number of halogens is 1. The fourth-order valence-corrected chi connectivity index (χ4v) is 2.11. The van der Waals surface area contributed by atoms with Gasteiger partial charge in [-0.3, -0.25) is 5.10 Å². The summed E-state index contributed by atoms with van der Waals surface area (Å²) in [6.07, 6.45) is 0. The fourth-order valence-electron chi connectivity index (χ4n) is 1.84. The maximum absolute atomic E-state index is 4.35. The van der Waals surface area contributed by atoms with Crippen LogP contribution in [0.5, 0.6) is 0 Å². The minimum absolute atomic E-state index is 0.00819. The summed E-state index contributed by atoms with van der Waals surface area (Å²) >= 11 is 3.46. The first-order chi connectivity index (χ1) is 8.37. The Morgan fingerprint density at radius 3 is 2.33 bits per heavy atom. The Morgan fingerprint density at radius 1 is 1.17 bits per heavy atom. The molecule has 1 aromatic heterocycles. The number of benzene rings is 1. The monoisotopic (exact) mass is 307 g/mol. The van der Waals surface area contributed by atoms with Gasteiger partial charge in [0.05, 0.1) is 0 Å². The van der Waals surface area contributed by atoms with Crippen molar-refractivity contribution >= 4 is 21.7 Å². The quantitative estimate of drug-likeness (QED) is 0.865. The third-order valence-electron chi connectivity index (χ3n) is 2.57. The average Bonchev–Trinajstić information content (AvgIpc) is 2.59. The number of hydrogen-bond donors (Lipinski definition) is 2. The minimum Gasteiger partial charge on any atom is -0.363 e. The summed E-state index contributed by atoms with van der Waals surface area (Å²) in [6.45, 7) is 8.42. The Bertz CT molecular complexity index is 535. The highest BCUT2D eigenvalue weighted by molar-refractivity contribution is 9.10. The molecule has 0 saturated carbocycles. The number of H-pyrrole nitrogens is 1. The Hall–Kier alpha value is -1.29. The maximum Gasteiger partial charge on any atom is 0.156 e. The van der Waals surface area contributed by atoms with E-state index in [0.29, 0.717) is 0 Å². The van der Waals surface area contributed by atoms with Crippen LogP contribution in [0.15, 0.2) is 28.7 Å². The van der Waals surface area contributed by atoms with E-state index in [2.05, 4.69) is 64.3 Å². The predicted octanol–water partition coefficient (Wildman–Crippen LogP) is 4.36. The fraction of sp³-hybridized carbons (Fsp3) is 0.357. The summed E-state index contributed by atoms with van der Waals surface area (Å²) in [7, 11) is 0. The first-order valence-corrected chi connectivity index (χ1v) is 6.75. The largest absolute Gasteiger partial charge is 0.363 e. The second-order valence-corrected chi connectivity index (χ2v) is 6.37. The molecule has 2 aromatic rings. The van der Waals surface area contributed by atoms with Gasteiger partial charge in [0, 0.05) is 21.3 Å². The molecule has 18 heavy (non-hydrogen) atoms. The molecule has 0 aliphatic rings. The number of nitrogens with zero attached hydrogens (tertiary/aromatic N) is 1. The van der Waals surface area contributed by atoms with Crippen molar-refractivity contribution in [3.8, 4) is 11.1 Å². The molecule has 0 unspecified atom stereocenters. The van der Waals surface area contributed by atoms with E-state index < -0.39 is 0 Å². The molecular weight excluding hydrogens is 290 g/mol. The van der Waals surface area contributed by atoms with Crippen LogP contribution in [0.3, 0.4) is 0 Å². The van der Waals surface area contributed by atoms with Gasteiger partial charge in [-0.25, -0.2) is 0 Å². The lowest BCUT2D eigenvalue weighted by Gasteiger charge is -2.21. The number of aryl methyl sites for hydroxylation is 1. The molecular formula is C14H18BrN3. The van der Waals surface area contributed by atoms with Gasteiger partial charge >= 0.3 is 0 Å². The molecule has 3 nitrogen and oxygen atoms in total. The second kappa shape index (κ2) is 4.76. The average molecular weight is 308 g/mol. The molecule has 4 heteroatoms. The van der Waals surface area contributed by atoms with Crippen LogP contribution in [0.4, 0.5) is 5.82 Å². The second-order valence-electron chi connectivity index (χ2n) is 5.45. The summed E-state index contributed by atoms with van der Waals surface area (Å²) in [6, 6.07) is 8.27. The van der Waals surface area contributed by atoms with Gasteiger partial charge in [-0.15, -0.1) is 0 Å². The molecule has 2 rings (SSSR count). The molecule has 0 spiro atoms. The Kier molecular flexibility index (Phi) is 3.48. The van der Waals surface area contributed by atoms with Crippen LogP contribution >= 0.6 is 15.9 Å². The van der Waals surface area contributed by atoms with Crippen molar-refractivity contribution in [1.82, 2.24) is 10.2 Å². The lowest BCUT2D eigenvalue weighted by molar-refractivity contribution is 0.630. The number of anilines is 1. The molecule has 1 aromatic carbocycles. The number of hydrogen-bond acceptors (Lipinski definition) is 2. The number of nitrogens with one attached hydrogen (secondary N) is 2. The molecule has 2 N–H and O–H groups in total. The molecule has 1 heterocycles.